The predicted octanol–water partition coefficient (Wildman–Crippen LogP) is 3.52. The Morgan fingerprint density at radius 1 is 1.06 bits per heavy atom. The van der Waals surface area contributed by atoms with Gasteiger partial charge in [-0.1, -0.05) is 41.9 Å². The molecule has 0 fully saturated rings. The summed E-state index contributed by atoms with van der Waals surface area (Å²) in [5, 5.41) is 0.626. The lowest BCUT2D eigenvalue weighted by Crippen LogP contribution is -2.02. The second-order valence-electron chi connectivity index (χ2n) is 4.08. The van der Waals surface area contributed by atoms with Gasteiger partial charge in [0.25, 0.3) is 0 Å². The first-order valence-corrected chi connectivity index (χ1v) is 6.25. The van der Waals surface area contributed by atoms with Crippen LogP contribution in [0.3, 0.4) is 0 Å². The fourth-order valence-electron chi connectivity index (χ4n) is 1.88. The molecule has 3 heteroatoms. The lowest BCUT2D eigenvalue weighted by atomic mass is 10.0. The molecule has 0 saturated heterocycles. The summed E-state index contributed by atoms with van der Waals surface area (Å²) in [5.41, 5.74) is 9.00. The number of hydrogen-bond acceptors (Lipinski definition) is 2. The Balaban J connectivity index is 2.28. The zero-order valence-corrected chi connectivity index (χ0v) is 11.1. The smallest absolute Gasteiger partial charge is 0.137 e. The molecule has 0 aliphatic heterocycles. The van der Waals surface area contributed by atoms with Gasteiger partial charge in [0, 0.05) is 0 Å². The Morgan fingerprint density at radius 3 is 2.28 bits per heavy atom. The number of hydrogen-bond donors (Lipinski definition) is 1. The van der Waals surface area contributed by atoms with Gasteiger partial charge in [0.2, 0.25) is 0 Å². The number of ether oxygens (including phenoxy) is 1. The number of nitrogens with two attached hydrogens (primary N) is 1. The maximum absolute atomic E-state index is 6.12. The molecule has 0 unspecified atom stereocenters. The third kappa shape index (κ3) is 2.84. The van der Waals surface area contributed by atoms with E-state index in [4.69, 9.17) is 22.1 Å². The maximum Gasteiger partial charge on any atom is 0.137 e. The Morgan fingerprint density at radius 2 is 1.72 bits per heavy atom. The van der Waals surface area contributed by atoms with Gasteiger partial charge in [0.1, 0.15) is 5.75 Å². The molecule has 0 aliphatic carbocycles. The summed E-state index contributed by atoms with van der Waals surface area (Å²) in [6.07, 6.45) is 0.906. The first kappa shape index (κ1) is 12.9. The van der Waals surface area contributed by atoms with Crippen LogP contribution in [0.15, 0.2) is 42.5 Å². The summed E-state index contributed by atoms with van der Waals surface area (Å²) in [4.78, 5) is 0. The van der Waals surface area contributed by atoms with Gasteiger partial charge in [0.05, 0.1) is 12.1 Å². The molecule has 0 spiro atoms. The van der Waals surface area contributed by atoms with Crippen molar-refractivity contribution in [2.75, 3.05) is 13.7 Å². The van der Waals surface area contributed by atoms with Gasteiger partial charge in [0.15, 0.2) is 0 Å². The minimum atomic E-state index is 0.626. The molecule has 0 radical (unpaired) electrons. The highest BCUT2D eigenvalue weighted by Crippen LogP contribution is 2.30. The highest BCUT2D eigenvalue weighted by atomic mass is 35.5. The third-order valence-electron chi connectivity index (χ3n) is 2.87. The SMILES string of the molecule is COc1ccc(-c2ccc(CCN)cc2)cc1Cl. The fraction of sp³-hybridized carbons (Fsp3) is 0.200. The highest BCUT2D eigenvalue weighted by Gasteiger charge is 2.03. The van der Waals surface area contributed by atoms with Gasteiger partial charge in [-0.15, -0.1) is 0 Å². The summed E-state index contributed by atoms with van der Waals surface area (Å²) in [6.45, 7) is 0.674. The standard InChI is InChI=1S/C15H16ClNO/c1-18-15-7-6-13(10-14(15)16)12-4-2-11(3-5-12)8-9-17/h2-7,10H,8-9,17H2,1H3. The predicted molar refractivity (Wildman–Crippen MR) is 76.2 cm³/mol. The van der Waals surface area contributed by atoms with Crippen molar-refractivity contribution in [2.24, 2.45) is 5.73 Å². The number of methoxy groups -OCH3 is 1. The van der Waals surface area contributed by atoms with E-state index in [0.29, 0.717) is 17.3 Å². The zero-order chi connectivity index (χ0) is 13.0. The topological polar surface area (TPSA) is 35.2 Å². The normalized spacial score (nSPS) is 10.4. The van der Waals surface area contributed by atoms with E-state index in [-0.39, 0.29) is 0 Å². The van der Waals surface area contributed by atoms with Gasteiger partial charge in [-0.25, -0.2) is 0 Å². The second-order valence-corrected chi connectivity index (χ2v) is 4.49. The molecule has 0 aliphatic rings. The second kappa shape index (κ2) is 5.89. The average molecular weight is 262 g/mol. The molecule has 0 atom stereocenters. The van der Waals surface area contributed by atoms with Crippen LogP contribution in [0.1, 0.15) is 5.56 Å². The molecule has 2 aromatic rings. The van der Waals surface area contributed by atoms with E-state index in [1.165, 1.54) is 5.56 Å². The van der Waals surface area contributed by atoms with Crippen LogP contribution in [0.25, 0.3) is 11.1 Å². The van der Waals surface area contributed by atoms with Gasteiger partial charge >= 0.3 is 0 Å². The van der Waals surface area contributed by atoms with Crippen LogP contribution in [0.4, 0.5) is 0 Å². The highest BCUT2D eigenvalue weighted by molar-refractivity contribution is 6.32. The molecule has 2 rings (SSSR count). The Hall–Kier alpha value is -1.51. The van der Waals surface area contributed by atoms with Crippen LogP contribution in [-0.2, 0) is 6.42 Å². The molecule has 2 nitrogen and oxygen atoms in total. The lowest BCUT2D eigenvalue weighted by molar-refractivity contribution is 0.415. The van der Waals surface area contributed by atoms with E-state index in [9.17, 15) is 0 Å². The summed E-state index contributed by atoms with van der Waals surface area (Å²) in [7, 11) is 1.61. The van der Waals surface area contributed by atoms with Crippen molar-refractivity contribution >= 4 is 11.6 Å². The van der Waals surface area contributed by atoms with Crippen LogP contribution in [0.5, 0.6) is 5.75 Å². The summed E-state index contributed by atoms with van der Waals surface area (Å²) >= 11 is 6.12. The van der Waals surface area contributed by atoms with Crippen LogP contribution in [0.2, 0.25) is 5.02 Å². The molecular formula is C15H16ClNO. The van der Waals surface area contributed by atoms with Crippen molar-refractivity contribution in [1.82, 2.24) is 0 Å². The van der Waals surface area contributed by atoms with Crippen molar-refractivity contribution < 1.29 is 4.74 Å². The van der Waals surface area contributed by atoms with Gasteiger partial charge in [-0.2, -0.15) is 0 Å². The fourth-order valence-corrected chi connectivity index (χ4v) is 2.13. The van der Waals surface area contributed by atoms with Gasteiger partial charge < -0.3 is 10.5 Å². The number of benzene rings is 2. The monoisotopic (exact) mass is 261 g/mol. The Labute approximate surface area is 112 Å². The van der Waals surface area contributed by atoms with Crippen molar-refractivity contribution in [3.05, 3.63) is 53.1 Å². The quantitative estimate of drug-likeness (QED) is 0.914. The molecule has 0 saturated carbocycles. The van der Waals surface area contributed by atoms with Crippen molar-refractivity contribution in [3.8, 4) is 16.9 Å². The van der Waals surface area contributed by atoms with E-state index in [1.807, 2.05) is 18.2 Å². The molecule has 0 amide bonds. The molecule has 94 valence electrons. The van der Waals surface area contributed by atoms with Gasteiger partial charge in [-0.3, -0.25) is 0 Å². The van der Waals surface area contributed by atoms with Crippen molar-refractivity contribution in [1.29, 1.82) is 0 Å². The van der Waals surface area contributed by atoms with E-state index in [1.54, 1.807) is 7.11 Å². The first-order chi connectivity index (χ1) is 8.74. The molecule has 2 N–H and O–H groups in total. The van der Waals surface area contributed by atoms with E-state index >= 15 is 0 Å². The minimum Gasteiger partial charge on any atom is -0.495 e. The summed E-state index contributed by atoms with van der Waals surface area (Å²) < 4.78 is 5.14. The largest absolute Gasteiger partial charge is 0.495 e. The molecule has 0 aromatic heterocycles. The number of rotatable bonds is 4. The summed E-state index contributed by atoms with van der Waals surface area (Å²) in [6, 6.07) is 14.2. The first-order valence-electron chi connectivity index (χ1n) is 5.87. The van der Waals surface area contributed by atoms with Crippen molar-refractivity contribution in [2.45, 2.75) is 6.42 Å². The Bertz CT molecular complexity index is 523. The molecule has 0 bridgehead atoms. The maximum atomic E-state index is 6.12. The zero-order valence-electron chi connectivity index (χ0n) is 10.3. The van der Waals surface area contributed by atoms with Crippen LogP contribution in [-0.4, -0.2) is 13.7 Å². The molecule has 0 heterocycles. The lowest BCUT2D eigenvalue weighted by Gasteiger charge is -2.07. The van der Waals surface area contributed by atoms with Crippen LogP contribution < -0.4 is 10.5 Å². The molecular weight excluding hydrogens is 246 g/mol. The number of halogens is 1. The Kier molecular flexibility index (Phi) is 4.24. The molecule has 18 heavy (non-hydrogen) atoms. The third-order valence-corrected chi connectivity index (χ3v) is 3.17. The van der Waals surface area contributed by atoms with Crippen LogP contribution >= 0.6 is 11.6 Å². The minimum absolute atomic E-state index is 0.626. The van der Waals surface area contributed by atoms with E-state index in [0.717, 1.165) is 17.5 Å². The summed E-state index contributed by atoms with van der Waals surface area (Å²) in [5.74, 6) is 0.695. The van der Waals surface area contributed by atoms with Gasteiger partial charge in [-0.05, 0) is 41.8 Å². The van der Waals surface area contributed by atoms with E-state index < -0.39 is 0 Å². The molecule has 2 aromatic carbocycles. The van der Waals surface area contributed by atoms with Crippen LogP contribution in [0, 0.1) is 0 Å². The average Bonchev–Trinajstić information content (AvgIpc) is 2.40. The van der Waals surface area contributed by atoms with E-state index in [2.05, 4.69) is 24.3 Å². The van der Waals surface area contributed by atoms with Crippen molar-refractivity contribution in [3.63, 3.8) is 0 Å².